The van der Waals surface area contributed by atoms with E-state index in [2.05, 4.69) is 23.2 Å². The predicted octanol–water partition coefficient (Wildman–Crippen LogP) is 1.19. The summed E-state index contributed by atoms with van der Waals surface area (Å²) in [4.78, 5) is 2.12. The third-order valence-corrected chi connectivity index (χ3v) is 3.06. The molecule has 1 unspecified atom stereocenters. The van der Waals surface area contributed by atoms with Gasteiger partial charge in [0.15, 0.2) is 5.82 Å². The van der Waals surface area contributed by atoms with Crippen LogP contribution < -0.4 is 10.6 Å². The van der Waals surface area contributed by atoms with Crippen LogP contribution in [0.5, 0.6) is 0 Å². The molecule has 1 aromatic rings. The van der Waals surface area contributed by atoms with Crippen molar-refractivity contribution in [2.75, 3.05) is 29.7 Å². The summed E-state index contributed by atoms with van der Waals surface area (Å²) < 4.78 is 1.74. The molecule has 0 fully saturated rings. The Labute approximate surface area is 89.5 Å². The van der Waals surface area contributed by atoms with Crippen LogP contribution in [0, 0.1) is 0 Å². The average molecular weight is 214 g/mol. The Balaban J connectivity index is 2.77. The maximum Gasteiger partial charge on any atom is 0.173 e. The van der Waals surface area contributed by atoms with E-state index in [0.29, 0.717) is 6.04 Å². The van der Waals surface area contributed by atoms with Gasteiger partial charge >= 0.3 is 0 Å². The standard InChI is InChI=1S/C9H18N4S/c1-7(6-14-4)13(3)9-8(10)5-12(2)11-9/h5,7H,6,10H2,1-4H3. The number of hydrogen-bond acceptors (Lipinski definition) is 4. The summed E-state index contributed by atoms with van der Waals surface area (Å²) >= 11 is 1.83. The topological polar surface area (TPSA) is 47.1 Å². The molecule has 0 bridgehead atoms. The van der Waals surface area contributed by atoms with Crippen molar-refractivity contribution in [2.24, 2.45) is 7.05 Å². The van der Waals surface area contributed by atoms with Crippen molar-refractivity contribution in [3.63, 3.8) is 0 Å². The third-order valence-electron chi connectivity index (χ3n) is 2.24. The van der Waals surface area contributed by atoms with Crippen molar-refractivity contribution >= 4 is 23.3 Å². The first kappa shape index (κ1) is 11.2. The molecule has 0 spiro atoms. The first-order chi connectivity index (χ1) is 6.56. The van der Waals surface area contributed by atoms with Gasteiger partial charge in [-0.3, -0.25) is 4.68 Å². The van der Waals surface area contributed by atoms with Crippen LogP contribution in [-0.4, -0.2) is 34.9 Å². The Bertz CT molecular complexity index is 297. The van der Waals surface area contributed by atoms with E-state index in [1.807, 2.05) is 32.1 Å². The highest BCUT2D eigenvalue weighted by atomic mass is 32.2. The Morgan fingerprint density at radius 2 is 2.36 bits per heavy atom. The summed E-state index contributed by atoms with van der Waals surface area (Å²) in [7, 11) is 3.91. The number of aryl methyl sites for hydroxylation is 1. The van der Waals surface area contributed by atoms with Gasteiger partial charge < -0.3 is 10.6 Å². The van der Waals surface area contributed by atoms with Crippen LogP contribution in [0.25, 0.3) is 0 Å². The molecule has 1 aromatic heterocycles. The lowest BCUT2D eigenvalue weighted by atomic mass is 10.3. The first-order valence-electron chi connectivity index (χ1n) is 4.57. The van der Waals surface area contributed by atoms with E-state index in [9.17, 15) is 0 Å². The number of nitrogens with two attached hydrogens (primary N) is 1. The molecule has 0 aliphatic rings. The highest BCUT2D eigenvalue weighted by Crippen LogP contribution is 2.21. The molecule has 5 heteroatoms. The minimum Gasteiger partial charge on any atom is -0.394 e. The highest BCUT2D eigenvalue weighted by molar-refractivity contribution is 7.98. The van der Waals surface area contributed by atoms with Crippen molar-refractivity contribution in [2.45, 2.75) is 13.0 Å². The lowest BCUT2D eigenvalue weighted by molar-refractivity contribution is 0.715. The van der Waals surface area contributed by atoms with Gasteiger partial charge in [0.05, 0.1) is 5.69 Å². The minimum atomic E-state index is 0.446. The molecule has 0 saturated heterocycles. The van der Waals surface area contributed by atoms with Crippen LogP contribution in [0.2, 0.25) is 0 Å². The minimum absolute atomic E-state index is 0.446. The molecule has 0 aliphatic carbocycles. The molecular weight excluding hydrogens is 196 g/mol. The monoisotopic (exact) mass is 214 g/mol. The Morgan fingerprint density at radius 1 is 1.71 bits per heavy atom. The summed E-state index contributed by atoms with van der Waals surface area (Å²) in [5.74, 6) is 1.95. The van der Waals surface area contributed by atoms with E-state index in [4.69, 9.17) is 5.73 Å². The summed E-state index contributed by atoms with van der Waals surface area (Å²) in [5.41, 5.74) is 6.58. The fourth-order valence-electron chi connectivity index (χ4n) is 1.33. The molecule has 80 valence electrons. The normalized spacial score (nSPS) is 12.9. The summed E-state index contributed by atoms with van der Waals surface area (Å²) in [5, 5.41) is 4.32. The van der Waals surface area contributed by atoms with Crippen LogP contribution in [0.15, 0.2) is 6.20 Å². The van der Waals surface area contributed by atoms with Crippen LogP contribution >= 0.6 is 11.8 Å². The van der Waals surface area contributed by atoms with Crippen LogP contribution in [0.1, 0.15) is 6.92 Å². The fourth-order valence-corrected chi connectivity index (χ4v) is 2.04. The predicted molar refractivity (Wildman–Crippen MR) is 63.9 cm³/mol. The maximum absolute atomic E-state index is 5.84. The van der Waals surface area contributed by atoms with Gasteiger partial charge in [-0.2, -0.15) is 16.9 Å². The second-order valence-electron chi connectivity index (χ2n) is 3.50. The Morgan fingerprint density at radius 3 is 2.79 bits per heavy atom. The summed E-state index contributed by atoms with van der Waals surface area (Å²) in [6, 6.07) is 0.446. The zero-order chi connectivity index (χ0) is 10.7. The Hall–Kier alpha value is -0.840. The van der Waals surface area contributed by atoms with Gasteiger partial charge in [-0.1, -0.05) is 0 Å². The number of nitrogen functional groups attached to an aromatic ring is 1. The zero-order valence-electron chi connectivity index (χ0n) is 9.19. The van der Waals surface area contributed by atoms with Gasteiger partial charge in [0.1, 0.15) is 0 Å². The number of rotatable bonds is 4. The fraction of sp³-hybridized carbons (Fsp3) is 0.667. The third kappa shape index (κ3) is 2.35. The molecule has 1 heterocycles. The summed E-state index contributed by atoms with van der Waals surface area (Å²) in [6.07, 6.45) is 3.93. The molecule has 14 heavy (non-hydrogen) atoms. The van der Waals surface area contributed by atoms with Crippen molar-refractivity contribution in [3.05, 3.63) is 6.20 Å². The van der Waals surface area contributed by atoms with Gasteiger partial charge in [0, 0.05) is 32.1 Å². The van der Waals surface area contributed by atoms with Crippen LogP contribution in [0.4, 0.5) is 11.5 Å². The van der Waals surface area contributed by atoms with Crippen molar-refractivity contribution < 1.29 is 0 Å². The van der Waals surface area contributed by atoms with E-state index in [1.54, 1.807) is 4.68 Å². The largest absolute Gasteiger partial charge is 0.394 e. The quantitative estimate of drug-likeness (QED) is 0.818. The van der Waals surface area contributed by atoms with Crippen molar-refractivity contribution in [3.8, 4) is 0 Å². The molecule has 0 amide bonds. The highest BCUT2D eigenvalue weighted by Gasteiger charge is 2.14. The van der Waals surface area contributed by atoms with Crippen LogP contribution in [-0.2, 0) is 7.05 Å². The summed E-state index contributed by atoms with van der Waals surface area (Å²) in [6.45, 7) is 2.17. The first-order valence-corrected chi connectivity index (χ1v) is 5.96. The second kappa shape index (κ2) is 4.59. The zero-order valence-corrected chi connectivity index (χ0v) is 10.0. The molecule has 4 nitrogen and oxygen atoms in total. The molecular formula is C9H18N4S. The lowest BCUT2D eigenvalue weighted by Crippen LogP contribution is -2.31. The van der Waals surface area contributed by atoms with E-state index < -0.39 is 0 Å². The number of anilines is 2. The molecule has 0 aliphatic heterocycles. The molecule has 1 rings (SSSR count). The van der Waals surface area contributed by atoms with E-state index >= 15 is 0 Å². The average Bonchev–Trinajstić information content (AvgIpc) is 2.44. The maximum atomic E-state index is 5.84. The molecule has 0 saturated carbocycles. The van der Waals surface area contributed by atoms with Crippen molar-refractivity contribution in [1.82, 2.24) is 9.78 Å². The number of aromatic nitrogens is 2. The van der Waals surface area contributed by atoms with Gasteiger partial charge in [-0.15, -0.1) is 0 Å². The molecule has 0 radical (unpaired) electrons. The Kier molecular flexibility index (Phi) is 3.69. The molecule has 2 N–H and O–H groups in total. The van der Waals surface area contributed by atoms with Gasteiger partial charge in [0.25, 0.3) is 0 Å². The molecule has 1 atom stereocenters. The van der Waals surface area contributed by atoms with Gasteiger partial charge in [0.2, 0.25) is 0 Å². The lowest BCUT2D eigenvalue weighted by Gasteiger charge is -2.24. The number of nitrogens with zero attached hydrogens (tertiary/aromatic N) is 3. The van der Waals surface area contributed by atoms with Gasteiger partial charge in [-0.05, 0) is 13.2 Å². The van der Waals surface area contributed by atoms with E-state index in [-0.39, 0.29) is 0 Å². The van der Waals surface area contributed by atoms with Crippen molar-refractivity contribution in [1.29, 1.82) is 0 Å². The molecule has 0 aromatic carbocycles. The number of hydrogen-bond donors (Lipinski definition) is 1. The van der Waals surface area contributed by atoms with E-state index in [1.165, 1.54) is 0 Å². The van der Waals surface area contributed by atoms with Gasteiger partial charge in [-0.25, -0.2) is 0 Å². The smallest absolute Gasteiger partial charge is 0.173 e. The number of thioether (sulfide) groups is 1. The van der Waals surface area contributed by atoms with Crippen LogP contribution in [0.3, 0.4) is 0 Å². The second-order valence-corrected chi connectivity index (χ2v) is 4.41. The van der Waals surface area contributed by atoms with E-state index in [0.717, 1.165) is 17.3 Å². The SMILES string of the molecule is CSCC(C)N(C)c1nn(C)cc1N.